The number of rotatable bonds is 7. The maximum Gasteiger partial charge on any atom is 0.220 e. The highest BCUT2D eigenvalue weighted by molar-refractivity contribution is 5.76. The molecule has 1 atom stereocenters. The number of amides is 1. The average molecular weight is 368 g/mol. The third-order valence-corrected chi connectivity index (χ3v) is 5.71. The fourth-order valence-corrected chi connectivity index (χ4v) is 3.85. The number of hydrogen-bond acceptors (Lipinski definition) is 1. The van der Waals surface area contributed by atoms with Gasteiger partial charge in [0.15, 0.2) is 0 Å². The van der Waals surface area contributed by atoms with Gasteiger partial charge in [0.2, 0.25) is 5.91 Å². The first kappa shape index (κ1) is 19.6. The summed E-state index contributed by atoms with van der Waals surface area (Å²) in [7, 11) is 2.27. The summed E-state index contributed by atoms with van der Waals surface area (Å²) >= 11 is 0. The Morgan fingerprint density at radius 2 is 1.67 bits per heavy atom. The monoisotopic (exact) mass is 367 g/mol. The van der Waals surface area contributed by atoms with Gasteiger partial charge >= 0.3 is 0 Å². The van der Waals surface area contributed by atoms with Gasteiger partial charge in [0.05, 0.1) is 13.6 Å². The predicted molar refractivity (Wildman–Crippen MR) is 109 cm³/mol. The number of likely N-dealkylation sites (N-methyl/N-ethyl adjacent to an activating group) is 1. The molecule has 144 valence electrons. The van der Waals surface area contributed by atoms with Gasteiger partial charge in [0, 0.05) is 12.0 Å². The number of carbonyl (C=O) groups is 1. The molecule has 1 aliphatic rings. The van der Waals surface area contributed by atoms with Crippen LogP contribution in [0.1, 0.15) is 29.2 Å². The van der Waals surface area contributed by atoms with Crippen molar-refractivity contribution in [3.63, 3.8) is 0 Å². The molecule has 4 heteroatoms. The first-order chi connectivity index (χ1) is 13.1. The summed E-state index contributed by atoms with van der Waals surface area (Å²) in [6.07, 6.45) is 1.35. The predicted octanol–water partition coefficient (Wildman–Crippen LogP) is 0.198. The van der Waals surface area contributed by atoms with Crippen LogP contribution in [-0.2, 0) is 11.2 Å². The number of nitrogens with one attached hydrogen (secondary N) is 3. The molecule has 0 aliphatic carbocycles. The van der Waals surface area contributed by atoms with Gasteiger partial charge in [-0.3, -0.25) is 4.79 Å². The topological polar surface area (TPSA) is 38.0 Å². The Morgan fingerprint density at radius 1 is 1.00 bits per heavy atom. The van der Waals surface area contributed by atoms with Gasteiger partial charge in [-0.05, 0) is 18.9 Å². The number of carbonyl (C=O) groups excluding carboxylic acids is 1. The lowest BCUT2D eigenvalue weighted by molar-refractivity contribution is -1.02. The lowest BCUT2D eigenvalue weighted by Gasteiger charge is -2.33. The van der Waals surface area contributed by atoms with E-state index in [-0.39, 0.29) is 5.91 Å². The Bertz CT molecular complexity index is 706. The molecule has 1 fully saturated rings. The Hall–Kier alpha value is -2.17. The van der Waals surface area contributed by atoms with Gasteiger partial charge in [-0.15, -0.1) is 0 Å². The van der Waals surface area contributed by atoms with E-state index in [1.54, 1.807) is 9.80 Å². The molecule has 0 unspecified atom stereocenters. The Balaban J connectivity index is 1.59. The van der Waals surface area contributed by atoms with Crippen LogP contribution in [0.25, 0.3) is 0 Å². The molecule has 0 spiro atoms. The third kappa shape index (κ3) is 5.91. The summed E-state index contributed by atoms with van der Waals surface area (Å²) in [6, 6.07) is 19.4. The summed E-state index contributed by atoms with van der Waals surface area (Å²) in [5.74, 6) is 0.148. The molecule has 1 amide bonds. The quantitative estimate of drug-likeness (QED) is 0.643. The molecule has 3 rings (SSSR count). The summed E-state index contributed by atoms with van der Waals surface area (Å²) < 4.78 is 0. The number of benzene rings is 2. The zero-order valence-corrected chi connectivity index (χ0v) is 16.6. The van der Waals surface area contributed by atoms with E-state index in [4.69, 9.17) is 0 Å². The Kier molecular flexibility index (Phi) is 7.02. The first-order valence-electron chi connectivity index (χ1n) is 10.1. The molecular formula is C23H33N3O+2. The number of piperazine rings is 1. The molecule has 27 heavy (non-hydrogen) atoms. The number of quaternary nitrogens is 2. The van der Waals surface area contributed by atoms with Crippen LogP contribution < -0.4 is 15.1 Å². The molecule has 4 nitrogen and oxygen atoms in total. The van der Waals surface area contributed by atoms with Gasteiger partial charge in [-0.25, -0.2) is 0 Å². The van der Waals surface area contributed by atoms with Crippen molar-refractivity contribution in [3.05, 3.63) is 71.3 Å². The largest absolute Gasteiger partial charge is 0.350 e. The van der Waals surface area contributed by atoms with Crippen molar-refractivity contribution in [2.75, 3.05) is 39.8 Å². The molecule has 0 bridgehead atoms. The lowest BCUT2D eigenvalue weighted by atomic mass is 10.0. The highest BCUT2D eigenvalue weighted by Crippen LogP contribution is 2.11. The second-order valence-electron chi connectivity index (χ2n) is 7.87. The van der Waals surface area contributed by atoms with E-state index in [0.717, 1.165) is 19.5 Å². The van der Waals surface area contributed by atoms with Gasteiger partial charge < -0.3 is 15.1 Å². The molecule has 1 heterocycles. The highest BCUT2D eigenvalue weighted by Gasteiger charge is 2.29. The second-order valence-corrected chi connectivity index (χ2v) is 7.87. The molecule has 3 N–H and O–H groups in total. The Labute approximate surface area is 163 Å². The van der Waals surface area contributed by atoms with Crippen molar-refractivity contribution < 1.29 is 14.6 Å². The van der Waals surface area contributed by atoms with Gasteiger partial charge in [0.1, 0.15) is 32.2 Å². The number of hydrogen-bond donors (Lipinski definition) is 3. The van der Waals surface area contributed by atoms with Crippen LogP contribution in [0, 0.1) is 6.92 Å². The van der Waals surface area contributed by atoms with Crippen molar-refractivity contribution in [3.8, 4) is 0 Å². The van der Waals surface area contributed by atoms with Gasteiger partial charge in [-0.2, -0.15) is 0 Å². The maximum absolute atomic E-state index is 12.4. The number of aryl methyl sites for hydroxylation is 2. The highest BCUT2D eigenvalue weighted by atomic mass is 16.1. The van der Waals surface area contributed by atoms with Crippen LogP contribution in [0.5, 0.6) is 0 Å². The molecule has 0 radical (unpaired) electrons. The molecular weight excluding hydrogens is 334 g/mol. The second kappa shape index (κ2) is 9.67. The standard InChI is InChI=1S/C23H31N3O/c1-19-8-11-21(12-9-19)22(26-16-14-25(2)15-17-26)18-24-23(27)13-10-20-6-4-3-5-7-20/h3-9,11-12,22H,10,13-18H2,1-2H3,(H,24,27)/p+2/t22-/m1/s1. The Morgan fingerprint density at radius 3 is 2.33 bits per heavy atom. The molecule has 1 aliphatic heterocycles. The van der Waals surface area contributed by atoms with Crippen molar-refractivity contribution in [1.29, 1.82) is 0 Å². The summed E-state index contributed by atoms with van der Waals surface area (Å²) in [5.41, 5.74) is 3.83. The molecule has 0 aromatic heterocycles. The molecule has 2 aromatic carbocycles. The van der Waals surface area contributed by atoms with Gasteiger partial charge in [0.25, 0.3) is 0 Å². The lowest BCUT2D eigenvalue weighted by Crippen LogP contribution is -3.27. The van der Waals surface area contributed by atoms with E-state index >= 15 is 0 Å². The molecule has 2 aromatic rings. The molecule has 0 saturated carbocycles. The van der Waals surface area contributed by atoms with Gasteiger partial charge in [-0.1, -0.05) is 60.2 Å². The van der Waals surface area contributed by atoms with E-state index in [1.165, 1.54) is 29.8 Å². The molecule has 1 saturated heterocycles. The first-order valence-corrected chi connectivity index (χ1v) is 10.1. The van der Waals surface area contributed by atoms with E-state index < -0.39 is 0 Å². The minimum absolute atomic E-state index is 0.148. The fourth-order valence-electron chi connectivity index (χ4n) is 3.85. The summed E-state index contributed by atoms with van der Waals surface area (Å²) in [5, 5.41) is 3.21. The van der Waals surface area contributed by atoms with Crippen LogP contribution in [0.2, 0.25) is 0 Å². The minimum Gasteiger partial charge on any atom is -0.350 e. The van der Waals surface area contributed by atoms with E-state index in [9.17, 15) is 4.79 Å². The van der Waals surface area contributed by atoms with Crippen LogP contribution in [0.3, 0.4) is 0 Å². The van der Waals surface area contributed by atoms with Crippen molar-refractivity contribution in [1.82, 2.24) is 5.32 Å². The summed E-state index contributed by atoms with van der Waals surface area (Å²) in [6.45, 7) is 7.54. The van der Waals surface area contributed by atoms with Crippen molar-refractivity contribution in [2.45, 2.75) is 25.8 Å². The van der Waals surface area contributed by atoms with E-state index in [1.807, 2.05) is 18.2 Å². The van der Waals surface area contributed by atoms with Crippen LogP contribution in [0.4, 0.5) is 0 Å². The normalized spacial score (nSPS) is 20.8. The third-order valence-electron chi connectivity index (χ3n) is 5.71. The average Bonchev–Trinajstić information content (AvgIpc) is 2.70. The zero-order valence-electron chi connectivity index (χ0n) is 16.6. The van der Waals surface area contributed by atoms with Crippen LogP contribution >= 0.6 is 0 Å². The van der Waals surface area contributed by atoms with E-state index in [2.05, 4.69) is 55.7 Å². The van der Waals surface area contributed by atoms with Crippen LogP contribution in [-0.4, -0.2) is 45.7 Å². The smallest absolute Gasteiger partial charge is 0.220 e. The zero-order chi connectivity index (χ0) is 19.1. The summed E-state index contributed by atoms with van der Waals surface area (Å²) in [4.78, 5) is 15.6. The van der Waals surface area contributed by atoms with Crippen molar-refractivity contribution >= 4 is 5.91 Å². The SMILES string of the molecule is Cc1ccc([C@@H](CNC(=O)CCc2ccccc2)[NH+]2CC[NH+](C)CC2)cc1. The fraction of sp³-hybridized carbons (Fsp3) is 0.435. The van der Waals surface area contributed by atoms with E-state index in [0.29, 0.717) is 19.0 Å². The van der Waals surface area contributed by atoms with Crippen molar-refractivity contribution in [2.24, 2.45) is 0 Å². The van der Waals surface area contributed by atoms with Crippen LogP contribution in [0.15, 0.2) is 54.6 Å². The maximum atomic E-state index is 12.4. The minimum atomic E-state index is 0.148.